The van der Waals surface area contributed by atoms with Gasteiger partial charge >= 0.3 is 5.97 Å². The van der Waals surface area contributed by atoms with Crippen molar-refractivity contribution in [3.63, 3.8) is 0 Å². The zero-order chi connectivity index (χ0) is 15.3. The Hall–Kier alpha value is -1.84. The lowest BCUT2D eigenvalue weighted by Crippen LogP contribution is -2.43. The predicted octanol–water partition coefficient (Wildman–Crippen LogP) is 2.72. The first-order valence-electron chi connectivity index (χ1n) is 7.55. The van der Waals surface area contributed by atoms with Gasteiger partial charge in [-0.25, -0.2) is 0 Å². The van der Waals surface area contributed by atoms with E-state index in [1.54, 1.807) is 11.9 Å². The quantitative estimate of drug-likeness (QED) is 0.839. The fourth-order valence-electron chi connectivity index (χ4n) is 2.78. The number of aryl methyl sites for hydroxylation is 1. The monoisotopic (exact) mass is 289 g/mol. The minimum atomic E-state index is -0.820. The van der Waals surface area contributed by atoms with Crippen LogP contribution >= 0.6 is 0 Å². The summed E-state index contributed by atoms with van der Waals surface area (Å²) in [6.45, 7) is 0.670. The molecule has 1 amide bonds. The number of amides is 1. The van der Waals surface area contributed by atoms with Crippen LogP contribution in [0.2, 0.25) is 0 Å². The van der Waals surface area contributed by atoms with Crippen LogP contribution in [-0.4, -0.2) is 35.5 Å². The average molecular weight is 289 g/mol. The molecule has 0 atom stereocenters. The van der Waals surface area contributed by atoms with Crippen molar-refractivity contribution >= 4 is 11.9 Å². The Morgan fingerprint density at radius 2 is 1.90 bits per heavy atom. The number of carboxylic acid groups (broad SMARTS) is 1. The van der Waals surface area contributed by atoms with Gasteiger partial charge in [-0.1, -0.05) is 36.8 Å². The molecule has 0 aromatic heterocycles. The standard InChI is InChI=1S/C17H23NO3/c1-18(12-5-9-14-7-3-2-4-8-14)15(19)13-17(16(20)21)10-6-11-17/h2-4,7-8H,5-6,9-13H2,1H3,(H,20,21). The van der Waals surface area contributed by atoms with Crippen LogP contribution in [0.5, 0.6) is 0 Å². The van der Waals surface area contributed by atoms with E-state index >= 15 is 0 Å². The zero-order valence-corrected chi connectivity index (χ0v) is 12.5. The first-order chi connectivity index (χ1) is 10.0. The minimum absolute atomic E-state index is 0.0508. The van der Waals surface area contributed by atoms with E-state index in [-0.39, 0.29) is 12.3 Å². The Bertz CT molecular complexity index is 494. The summed E-state index contributed by atoms with van der Waals surface area (Å²) < 4.78 is 0. The maximum Gasteiger partial charge on any atom is 0.310 e. The van der Waals surface area contributed by atoms with E-state index in [2.05, 4.69) is 12.1 Å². The third kappa shape index (κ3) is 3.84. The lowest BCUT2D eigenvalue weighted by molar-refractivity contribution is -0.159. The second kappa shape index (κ2) is 6.74. The van der Waals surface area contributed by atoms with Crippen molar-refractivity contribution in [2.75, 3.05) is 13.6 Å². The van der Waals surface area contributed by atoms with Gasteiger partial charge in [0.15, 0.2) is 0 Å². The van der Waals surface area contributed by atoms with Crippen molar-refractivity contribution in [1.29, 1.82) is 0 Å². The predicted molar refractivity (Wildman–Crippen MR) is 80.9 cm³/mol. The van der Waals surface area contributed by atoms with E-state index in [0.717, 1.165) is 19.3 Å². The van der Waals surface area contributed by atoms with Crippen molar-refractivity contribution in [3.05, 3.63) is 35.9 Å². The molecule has 1 aromatic carbocycles. The van der Waals surface area contributed by atoms with E-state index in [1.807, 2.05) is 18.2 Å². The second-order valence-corrected chi connectivity index (χ2v) is 6.02. The van der Waals surface area contributed by atoms with Crippen LogP contribution in [0.1, 0.15) is 37.7 Å². The molecule has 114 valence electrons. The summed E-state index contributed by atoms with van der Waals surface area (Å²) in [5.74, 6) is -0.870. The molecule has 0 unspecified atom stereocenters. The van der Waals surface area contributed by atoms with E-state index < -0.39 is 11.4 Å². The first kappa shape index (κ1) is 15.5. The maximum atomic E-state index is 12.2. The SMILES string of the molecule is CN(CCCc1ccccc1)C(=O)CC1(C(=O)O)CCC1. The van der Waals surface area contributed by atoms with Gasteiger partial charge in [-0.2, -0.15) is 0 Å². The number of carbonyl (C=O) groups is 2. The van der Waals surface area contributed by atoms with Gasteiger partial charge in [0.25, 0.3) is 0 Å². The molecule has 1 aliphatic rings. The molecule has 21 heavy (non-hydrogen) atoms. The molecule has 1 N–H and O–H groups in total. The van der Waals surface area contributed by atoms with E-state index in [4.69, 9.17) is 0 Å². The van der Waals surface area contributed by atoms with Gasteiger partial charge in [0.2, 0.25) is 5.91 Å². The summed E-state index contributed by atoms with van der Waals surface area (Å²) in [5, 5.41) is 9.27. The molecule has 0 saturated heterocycles. The van der Waals surface area contributed by atoms with Crippen LogP contribution in [0, 0.1) is 5.41 Å². The Morgan fingerprint density at radius 3 is 2.43 bits per heavy atom. The average Bonchev–Trinajstić information content (AvgIpc) is 2.43. The largest absolute Gasteiger partial charge is 0.481 e. The molecule has 4 heteroatoms. The van der Waals surface area contributed by atoms with Crippen molar-refractivity contribution in [2.45, 2.75) is 38.5 Å². The van der Waals surface area contributed by atoms with Gasteiger partial charge in [-0.3, -0.25) is 9.59 Å². The van der Waals surface area contributed by atoms with E-state index in [0.29, 0.717) is 19.4 Å². The molecule has 1 saturated carbocycles. The molecule has 2 rings (SSSR count). The number of nitrogens with zero attached hydrogens (tertiary/aromatic N) is 1. The van der Waals surface area contributed by atoms with Crippen molar-refractivity contribution in [1.82, 2.24) is 4.90 Å². The molecule has 0 radical (unpaired) electrons. The third-order valence-electron chi connectivity index (χ3n) is 4.48. The van der Waals surface area contributed by atoms with E-state index in [1.165, 1.54) is 5.56 Å². The van der Waals surface area contributed by atoms with Gasteiger partial charge in [0.05, 0.1) is 5.41 Å². The fraction of sp³-hybridized carbons (Fsp3) is 0.529. The third-order valence-corrected chi connectivity index (χ3v) is 4.48. The van der Waals surface area contributed by atoms with Crippen molar-refractivity contribution in [3.8, 4) is 0 Å². The summed E-state index contributed by atoms with van der Waals surface area (Å²) in [6, 6.07) is 10.2. The van der Waals surface area contributed by atoms with Crippen LogP contribution in [0.25, 0.3) is 0 Å². The molecule has 0 spiro atoms. The molecular formula is C17H23NO3. The highest BCUT2D eigenvalue weighted by Crippen LogP contribution is 2.44. The summed E-state index contributed by atoms with van der Waals surface area (Å²) in [7, 11) is 1.77. The smallest absolute Gasteiger partial charge is 0.310 e. The Kier molecular flexibility index (Phi) is 4.99. The van der Waals surface area contributed by atoms with Gasteiger partial charge in [0, 0.05) is 20.0 Å². The van der Waals surface area contributed by atoms with Gasteiger partial charge < -0.3 is 10.0 Å². The number of hydrogen-bond acceptors (Lipinski definition) is 2. The van der Waals surface area contributed by atoms with E-state index in [9.17, 15) is 14.7 Å². The molecular weight excluding hydrogens is 266 g/mol. The molecule has 1 fully saturated rings. The molecule has 0 heterocycles. The van der Waals surface area contributed by atoms with Crippen LogP contribution < -0.4 is 0 Å². The molecule has 0 bridgehead atoms. The number of benzene rings is 1. The lowest BCUT2D eigenvalue weighted by atomic mass is 9.66. The molecule has 1 aliphatic carbocycles. The first-order valence-corrected chi connectivity index (χ1v) is 7.55. The number of hydrogen-bond donors (Lipinski definition) is 1. The van der Waals surface area contributed by atoms with Gasteiger partial charge in [-0.15, -0.1) is 0 Å². The highest BCUT2D eigenvalue weighted by molar-refractivity contribution is 5.85. The number of carbonyl (C=O) groups excluding carboxylic acids is 1. The van der Waals surface area contributed by atoms with Crippen LogP contribution in [0.3, 0.4) is 0 Å². The fourth-order valence-corrected chi connectivity index (χ4v) is 2.78. The Labute approximate surface area is 125 Å². The van der Waals surface area contributed by atoms with Crippen LogP contribution in [0.4, 0.5) is 0 Å². The Balaban J connectivity index is 1.76. The summed E-state index contributed by atoms with van der Waals surface area (Å²) in [4.78, 5) is 25.1. The second-order valence-electron chi connectivity index (χ2n) is 6.02. The minimum Gasteiger partial charge on any atom is -0.481 e. The molecule has 4 nitrogen and oxygen atoms in total. The van der Waals surface area contributed by atoms with Crippen molar-refractivity contribution < 1.29 is 14.7 Å². The van der Waals surface area contributed by atoms with Gasteiger partial charge in [-0.05, 0) is 31.2 Å². The summed E-state index contributed by atoms with van der Waals surface area (Å²) in [5.41, 5.74) is 0.476. The van der Waals surface area contributed by atoms with Crippen LogP contribution in [-0.2, 0) is 16.0 Å². The highest BCUT2D eigenvalue weighted by atomic mass is 16.4. The summed E-state index contributed by atoms with van der Waals surface area (Å²) >= 11 is 0. The van der Waals surface area contributed by atoms with Crippen molar-refractivity contribution in [2.24, 2.45) is 5.41 Å². The summed E-state index contributed by atoms with van der Waals surface area (Å²) in [6.07, 6.45) is 4.15. The topological polar surface area (TPSA) is 57.6 Å². The number of aliphatic carboxylic acids is 1. The Morgan fingerprint density at radius 1 is 1.24 bits per heavy atom. The number of carboxylic acids is 1. The molecule has 1 aromatic rings. The maximum absolute atomic E-state index is 12.2. The normalized spacial score (nSPS) is 16.0. The molecule has 0 aliphatic heterocycles. The zero-order valence-electron chi connectivity index (χ0n) is 12.5. The highest BCUT2D eigenvalue weighted by Gasteiger charge is 2.46. The van der Waals surface area contributed by atoms with Gasteiger partial charge in [0.1, 0.15) is 0 Å². The number of rotatable bonds is 7. The lowest BCUT2D eigenvalue weighted by Gasteiger charge is -2.38. The van der Waals surface area contributed by atoms with Crippen LogP contribution in [0.15, 0.2) is 30.3 Å².